The van der Waals surface area contributed by atoms with Gasteiger partial charge in [-0.05, 0) is 61.9 Å². The Morgan fingerprint density at radius 2 is 1.89 bits per heavy atom. The molecule has 7 heteroatoms. The second-order valence-electron chi connectivity index (χ2n) is 6.46. The molecule has 0 radical (unpaired) electrons. The van der Waals surface area contributed by atoms with Crippen LogP contribution in [0.1, 0.15) is 17.0 Å². The molecule has 3 heterocycles. The highest BCUT2D eigenvalue weighted by Crippen LogP contribution is 2.26. The summed E-state index contributed by atoms with van der Waals surface area (Å²) in [6, 6.07) is 13.8. The van der Waals surface area contributed by atoms with Crippen LogP contribution in [-0.4, -0.2) is 21.5 Å². The number of urea groups is 1. The number of anilines is 1. The Kier molecular flexibility index (Phi) is 4.49. The van der Waals surface area contributed by atoms with Crippen molar-refractivity contribution < 1.29 is 9.59 Å². The van der Waals surface area contributed by atoms with Crippen LogP contribution in [0.2, 0.25) is 5.02 Å². The molecule has 1 fully saturated rings. The van der Waals surface area contributed by atoms with Gasteiger partial charge in [-0.1, -0.05) is 23.7 Å². The summed E-state index contributed by atoms with van der Waals surface area (Å²) in [5.74, 6) is 0.374. The Bertz CT molecular complexity index is 1120. The molecule has 28 heavy (non-hydrogen) atoms. The minimum Gasteiger partial charge on any atom is -0.303 e. The molecule has 1 saturated heterocycles. The number of nitrogens with one attached hydrogen (secondary N) is 1. The number of hydrogen-bond donors (Lipinski definition) is 1. The first-order chi connectivity index (χ1) is 13.5. The Morgan fingerprint density at radius 3 is 2.61 bits per heavy atom. The maximum Gasteiger partial charge on any atom is 0.333 e. The predicted octanol–water partition coefficient (Wildman–Crippen LogP) is 4.24. The molecule has 0 spiro atoms. The van der Waals surface area contributed by atoms with Crippen molar-refractivity contribution >= 4 is 35.3 Å². The molecule has 1 N–H and O–H groups in total. The van der Waals surface area contributed by atoms with Crippen molar-refractivity contribution in [3.63, 3.8) is 0 Å². The monoisotopic (exact) mass is 392 g/mol. The number of carbonyl (C=O) groups excluding carboxylic acids is 2. The summed E-state index contributed by atoms with van der Waals surface area (Å²) < 4.78 is 2.00. The number of pyridine rings is 1. The minimum absolute atomic E-state index is 0.214. The first-order valence-corrected chi connectivity index (χ1v) is 9.06. The molecule has 3 amide bonds. The fourth-order valence-electron chi connectivity index (χ4n) is 3.31. The molecule has 3 aromatic rings. The number of aryl methyl sites for hydroxylation is 1. The van der Waals surface area contributed by atoms with E-state index in [-0.39, 0.29) is 5.70 Å². The molecule has 6 nitrogen and oxygen atoms in total. The number of imide groups is 1. The molecular formula is C21H17ClN4O2. The van der Waals surface area contributed by atoms with Gasteiger partial charge in [0.05, 0.1) is 5.69 Å². The molecular weight excluding hydrogens is 376 g/mol. The second-order valence-corrected chi connectivity index (χ2v) is 6.89. The number of aromatic nitrogens is 2. The van der Waals surface area contributed by atoms with E-state index in [9.17, 15) is 9.59 Å². The maximum atomic E-state index is 12.8. The van der Waals surface area contributed by atoms with Crippen LogP contribution >= 0.6 is 11.6 Å². The van der Waals surface area contributed by atoms with Crippen molar-refractivity contribution in [1.82, 2.24) is 14.9 Å². The molecule has 2 aromatic heterocycles. The van der Waals surface area contributed by atoms with Gasteiger partial charge in [0.25, 0.3) is 5.91 Å². The summed E-state index contributed by atoms with van der Waals surface area (Å²) in [4.78, 5) is 30.7. The molecule has 0 bridgehead atoms. The van der Waals surface area contributed by atoms with Crippen LogP contribution in [0.15, 0.2) is 60.4 Å². The highest BCUT2D eigenvalue weighted by atomic mass is 35.5. The van der Waals surface area contributed by atoms with Gasteiger partial charge in [-0.3, -0.25) is 4.79 Å². The van der Waals surface area contributed by atoms with Crippen molar-refractivity contribution in [3.8, 4) is 5.82 Å². The van der Waals surface area contributed by atoms with E-state index in [1.165, 1.54) is 0 Å². The number of amides is 3. The quantitative estimate of drug-likeness (QED) is 0.535. The van der Waals surface area contributed by atoms with Crippen molar-refractivity contribution in [1.29, 1.82) is 0 Å². The third kappa shape index (κ3) is 3.08. The number of nitrogens with zero attached hydrogens (tertiary/aromatic N) is 3. The summed E-state index contributed by atoms with van der Waals surface area (Å²) in [6.07, 6.45) is 3.42. The van der Waals surface area contributed by atoms with Gasteiger partial charge in [-0.25, -0.2) is 14.7 Å². The lowest BCUT2D eigenvalue weighted by Crippen LogP contribution is -2.30. The minimum atomic E-state index is -0.503. The zero-order valence-corrected chi connectivity index (χ0v) is 16.1. The molecule has 4 rings (SSSR count). The van der Waals surface area contributed by atoms with Gasteiger partial charge in [-0.15, -0.1) is 0 Å². The first kappa shape index (κ1) is 18.0. The highest BCUT2D eigenvalue weighted by molar-refractivity contribution is 6.32. The number of carbonyl (C=O) groups is 2. The zero-order chi connectivity index (χ0) is 19.8. The van der Waals surface area contributed by atoms with Gasteiger partial charge in [-0.2, -0.15) is 0 Å². The van der Waals surface area contributed by atoms with Crippen LogP contribution in [0, 0.1) is 13.8 Å². The third-order valence-corrected chi connectivity index (χ3v) is 4.83. The van der Waals surface area contributed by atoms with Crippen LogP contribution in [0.4, 0.5) is 10.5 Å². The standard InChI is InChI=1S/C21H17ClN4O2/c1-13-10-15(14(2)25(13)19-8-3-4-9-23-19)11-18-20(27)26(21(28)24-18)17-7-5-6-16(22)12-17/h3-12H,1-2H3,(H,24,28)/b18-11-. The molecule has 0 atom stereocenters. The predicted molar refractivity (Wildman–Crippen MR) is 108 cm³/mol. The van der Waals surface area contributed by atoms with Crippen LogP contribution < -0.4 is 10.2 Å². The highest BCUT2D eigenvalue weighted by Gasteiger charge is 2.35. The van der Waals surface area contributed by atoms with E-state index in [0.717, 1.165) is 27.7 Å². The van der Waals surface area contributed by atoms with Crippen LogP contribution in [0.25, 0.3) is 11.9 Å². The SMILES string of the molecule is Cc1cc(/C=C2\NC(=O)N(c3cccc(Cl)c3)C2=O)c(C)n1-c1ccccn1. The molecule has 140 valence electrons. The van der Waals surface area contributed by atoms with Gasteiger partial charge in [0, 0.05) is 22.6 Å². The Hall–Kier alpha value is -3.38. The lowest BCUT2D eigenvalue weighted by atomic mass is 10.2. The zero-order valence-electron chi connectivity index (χ0n) is 15.3. The van der Waals surface area contributed by atoms with E-state index in [2.05, 4.69) is 10.3 Å². The topological polar surface area (TPSA) is 67.2 Å². The number of halogens is 1. The Labute approximate surface area is 167 Å². The van der Waals surface area contributed by atoms with Gasteiger partial charge in [0.1, 0.15) is 11.5 Å². The number of rotatable bonds is 3. The summed E-state index contributed by atoms with van der Waals surface area (Å²) >= 11 is 5.99. The van der Waals surface area contributed by atoms with Crippen molar-refractivity contribution in [3.05, 3.63) is 82.4 Å². The Balaban J connectivity index is 1.71. The Morgan fingerprint density at radius 1 is 1.07 bits per heavy atom. The van der Waals surface area contributed by atoms with Gasteiger partial charge in [0.2, 0.25) is 0 Å². The number of benzene rings is 1. The van der Waals surface area contributed by atoms with Crippen molar-refractivity contribution in [2.45, 2.75) is 13.8 Å². The average Bonchev–Trinajstić information content (AvgIpc) is 3.11. The van der Waals surface area contributed by atoms with Gasteiger partial charge in [0.15, 0.2) is 0 Å². The summed E-state index contributed by atoms with van der Waals surface area (Å²) in [5.41, 5.74) is 3.38. The fourth-order valence-corrected chi connectivity index (χ4v) is 3.50. The average molecular weight is 393 g/mol. The largest absolute Gasteiger partial charge is 0.333 e. The maximum absolute atomic E-state index is 12.8. The fraction of sp³-hybridized carbons (Fsp3) is 0.0952. The smallest absolute Gasteiger partial charge is 0.303 e. The van der Waals surface area contributed by atoms with E-state index in [0.29, 0.717) is 10.7 Å². The second kappa shape index (κ2) is 6.98. The van der Waals surface area contributed by atoms with E-state index in [1.54, 1.807) is 36.5 Å². The van der Waals surface area contributed by atoms with E-state index >= 15 is 0 Å². The van der Waals surface area contributed by atoms with Crippen LogP contribution in [0.5, 0.6) is 0 Å². The van der Waals surface area contributed by atoms with Gasteiger partial charge >= 0.3 is 6.03 Å². The van der Waals surface area contributed by atoms with Crippen LogP contribution in [0.3, 0.4) is 0 Å². The molecule has 1 aromatic carbocycles. The van der Waals surface area contributed by atoms with Crippen LogP contribution in [-0.2, 0) is 4.79 Å². The lowest BCUT2D eigenvalue weighted by Gasteiger charge is -2.11. The summed E-state index contributed by atoms with van der Waals surface area (Å²) in [6.45, 7) is 3.92. The summed E-state index contributed by atoms with van der Waals surface area (Å²) in [5, 5.41) is 3.10. The molecule has 0 unspecified atom stereocenters. The van der Waals surface area contributed by atoms with E-state index in [1.807, 2.05) is 42.7 Å². The lowest BCUT2D eigenvalue weighted by molar-refractivity contribution is -0.113. The normalized spacial score (nSPS) is 15.4. The van der Waals surface area contributed by atoms with E-state index < -0.39 is 11.9 Å². The van der Waals surface area contributed by atoms with E-state index in [4.69, 9.17) is 11.6 Å². The molecule has 0 aliphatic carbocycles. The first-order valence-electron chi connectivity index (χ1n) is 8.69. The number of hydrogen-bond acceptors (Lipinski definition) is 3. The van der Waals surface area contributed by atoms with Gasteiger partial charge < -0.3 is 9.88 Å². The molecule has 1 aliphatic rings. The van der Waals surface area contributed by atoms with Crippen molar-refractivity contribution in [2.24, 2.45) is 0 Å². The van der Waals surface area contributed by atoms with Crippen molar-refractivity contribution in [2.75, 3.05) is 4.90 Å². The summed E-state index contributed by atoms with van der Waals surface area (Å²) in [7, 11) is 0. The third-order valence-electron chi connectivity index (χ3n) is 4.59. The molecule has 1 aliphatic heterocycles. The molecule has 0 saturated carbocycles.